The third-order valence-corrected chi connectivity index (χ3v) is 4.13. The van der Waals surface area contributed by atoms with Crippen LogP contribution < -0.4 is 5.32 Å². The van der Waals surface area contributed by atoms with Gasteiger partial charge in [0.25, 0.3) is 0 Å². The molecule has 0 aromatic heterocycles. The largest absolute Gasteiger partial charge is 0.462 e. The van der Waals surface area contributed by atoms with E-state index in [0.717, 1.165) is 11.1 Å². The summed E-state index contributed by atoms with van der Waals surface area (Å²) in [6, 6.07) is 19.1. The molecular formula is C23H30N2O4. The lowest BCUT2D eigenvalue weighted by Gasteiger charge is -2.23. The fraction of sp³-hybridized carbons (Fsp3) is 0.391. The van der Waals surface area contributed by atoms with Gasteiger partial charge in [0.15, 0.2) is 0 Å². The zero-order valence-electron chi connectivity index (χ0n) is 17.3. The first kappa shape index (κ1) is 22.6. The van der Waals surface area contributed by atoms with Gasteiger partial charge in [-0.25, -0.2) is 0 Å². The van der Waals surface area contributed by atoms with Crippen molar-refractivity contribution in [2.75, 3.05) is 13.1 Å². The Kier molecular flexibility index (Phi) is 9.34. The number of nitrogens with zero attached hydrogens (tertiary/aromatic N) is 1. The second-order valence-electron chi connectivity index (χ2n) is 7.11. The van der Waals surface area contributed by atoms with E-state index in [1.807, 2.05) is 74.5 Å². The summed E-state index contributed by atoms with van der Waals surface area (Å²) in [6.07, 6.45) is 0.344. The first-order chi connectivity index (χ1) is 13.9. The maximum Gasteiger partial charge on any atom is 0.323 e. The third-order valence-electron chi connectivity index (χ3n) is 4.13. The summed E-state index contributed by atoms with van der Waals surface area (Å²) in [7, 11) is 0. The molecule has 6 heteroatoms. The van der Waals surface area contributed by atoms with E-state index >= 15 is 0 Å². The predicted molar refractivity (Wildman–Crippen MR) is 112 cm³/mol. The minimum Gasteiger partial charge on any atom is -0.462 e. The SMILES string of the molecule is CC(=O)ON(CCNC(Cc1ccccc1)C(=O)OC(C)C)Cc1ccccc1. The van der Waals surface area contributed by atoms with E-state index in [9.17, 15) is 9.59 Å². The van der Waals surface area contributed by atoms with Crippen molar-refractivity contribution in [1.29, 1.82) is 0 Å². The monoisotopic (exact) mass is 398 g/mol. The van der Waals surface area contributed by atoms with Crippen LogP contribution in [-0.4, -0.2) is 42.2 Å². The molecular weight excluding hydrogens is 368 g/mol. The highest BCUT2D eigenvalue weighted by atomic mass is 16.7. The summed E-state index contributed by atoms with van der Waals surface area (Å²) in [5.74, 6) is -0.660. The Bertz CT molecular complexity index is 750. The molecule has 0 bridgehead atoms. The number of hydrogen-bond donors (Lipinski definition) is 1. The van der Waals surface area contributed by atoms with Crippen molar-refractivity contribution in [2.45, 2.75) is 45.9 Å². The predicted octanol–water partition coefficient (Wildman–Crippen LogP) is 3.12. The molecule has 0 aliphatic heterocycles. The van der Waals surface area contributed by atoms with Crippen molar-refractivity contribution in [3.63, 3.8) is 0 Å². The smallest absolute Gasteiger partial charge is 0.323 e. The molecule has 2 aromatic rings. The lowest BCUT2D eigenvalue weighted by molar-refractivity contribution is -0.190. The van der Waals surface area contributed by atoms with Crippen LogP contribution in [0.15, 0.2) is 60.7 Å². The van der Waals surface area contributed by atoms with Gasteiger partial charge in [-0.05, 0) is 31.4 Å². The molecule has 0 amide bonds. The van der Waals surface area contributed by atoms with Crippen LogP contribution in [0.25, 0.3) is 0 Å². The first-order valence-electron chi connectivity index (χ1n) is 9.89. The molecule has 0 radical (unpaired) electrons. The lowest BCUT2D eigenvalue weighted by Crippen LogP contribution is -2.44. The van der Waals surface area contributed by atoms with Crippen molar-refractivity contribution in [3.05, 3.63) is 71.8 Å². The molecule has 1 atom stereocenters. The Labute approximate surface area is 172 Å². The summed E-state index contributed by atoms with van der Waals surface area (Å²) in [5.41, 5.74) is 2.08. The molecule has 0 saturated carbocycles. The summed E-state index contributed by atoms with van der Waals surface area (Å²) >= 11 is 0. The molecule has 0 aliphatic rings. The Morgan fingerprint density at radius 3 is 2.10 bits per heavy atom. The lowest BCUT2D eigenvalue weighted by atomic mass is 10.1. The number of hydrogen-bond acceptors (Lipinski definition) is 6. The van der Waals surface area contributed by atoms with E-state index in [1.165, 1.54) is 6.92 Å². The van der Waals surface area contributed by atoms with Crippen LogP contribution in [-0.2, 0) is 32.1 Å². The zero-order chi connectivity index (χ0) is 21.1. The number of nitrogens with one attached hydrogen (secondary N) is 1. The zero-order valence-corrected chi connectivity index (χ0v) is 17.3. The van der Waals surface area contributed by atoms with Crippen LogP contribution in [0, 0.1) is 0 Å². The highest BCUT2D eigenvalue weighted by Crippen LogP contribution is 2.08. The minimum absolute atomic E-state index is 0.182. The number of carbonyl (C=O) groups excluding carboxylic acids is 2. The average molecular weight is 399 g/mol. The molecule has 0 spiro atoms. The standard InChI is InChI=1S/C23H30N2O4/c1-18(2)28-23(27)22(16-20-10-6-4-7-11-20)24-14-15-25(29-19(3)26)17-21-12-8-5-9-13-21/h4-13,18,22,24H,14-17H2,1-3H3. The first-order valence-corrected chi connectivity index (χ1v) is 9.89. The molecule has 0 heterocycles. The maximum atomic E-state index is 12.5. The van der Waals surface area contributed by atoms with Crippen LogP contribution in [0.3, 0.4) is 0 Å². The van der Waals surface area contributed by atoms with Crippen LogP contribution >= 0.6 is 0 Å². The van der Waals surface area contributed by atoms with Gasteiger partial charge in [-0.1, -0.05) is 60.7 Å². The topological polar surface area (TPSA) is 67.9 Å². The molecule has 0 aliphatic carbocycles. The highest BCUT2D eigenvalue weighted by Gasteiger charge is 2.21. The fourth-order valence-corrected chi connectivity index (χ4v) is 2.89. The van der Waals surface area contributed by atoms with Gasteiger partial charge in [0.05, 0.1) is 12.6 Å². The number of carbonyl (C=O) groups is 2. The molecule has 29 heavy (non-hydrogen) atoms. The molecule has 2 aromatic carbocycles. The van der Waals surface area contributed by atoms with Gasteiger partial charge in [-0.15, -0.1) is 5.06 Å². The summed E-state index contributed by atoms with van der Waals surface area (Å²) in [4.78, 5) is 29.3. The van der Waals surface area contributed by atoms with Crippen LogP contribution in [0.2, 0.25) is 0 Å². The van der Waals surface area contributed by atoms with Crippen molar-refractivity contribution in [1.82, 2.24) is 10.4 Å². The van der Waals surface area contributed by atoms with Gasteiger partial charge in [0.2, 0.25) is 0 Å². The Balaban J connectivity index is 1.97. The van der Waals surface area contributed by atoms with E-state index in [2.05, 4.69) is 5.32 Å². The van der Waals surface area contributed by atoms with E-state index in [1.54, 1.807) is 5.06 Å². The number of ether oxygens (including phenoxy) is 1. The molecule has 0 saturated heterocycles. The maximum absolute atomic E-state index is 12.5. The van der Waals surface area contributed by atoms with Gasteiger partial charge >= 0.3 is 11.9 Å². The quantitative estimate of drug-likeness (QED) is 0.463. The highest BCUT2D eigenvalue weighted by molar-refractivity contribution is 5.76. The van der Waals surface area contributed by atoms with Crippen LogP contribution in [0.4, 0.5) is 0 Å². The number of rotatable bonds is 11. The average Bonchev–Trinajstić information content (AvgIpc) is 2.67. The third kappa shape index (κ3) is 8.89. The van der Waals surface area contributed by atoms with Gasteiger partial charge in [0.1, 0.15) is 6.04 Å². The number of benzene rings is 2. The molecule has 1 unspecified atom stereocenters. The molecule has 6 nitrogen and oxygen atoms in total. The normalized spacial score (nSPS) is 12.0. The Morgan fingerprint density at radius 1 is 0.966 bits per heavy atom. The van der Waals surface area contributed by atoms with E-state index < -0.39 is 6.04 Å². The van der Waals surface area contributed by atoms with Gasteiger partial charge in [-0.3, -0.25) is 9.59 Å². The van der Waals surface area contributed by atoms with Crippen molar-refractivity contribution >= 4 is 11.9 Å². The minimum atomic E-state index is -0.476. The van der Waals surface area contributed by atoms with Crippen LogP contribution in [0.5, 0.6) is 0 Å². The summed E-state index contributed by atoms with van der Waals surface area (Å²) in [5, 5.41) is 4.85. The second-order valence-corrected chi connectivity index (χ2v) is 7.11. The molecule has 0 fully saturated rings. The van der Waals surface area contributed by atoms with Gasteiger partial charge < -0.3 is 14.9 Å². The Morgan fingerprint density at radius 2 is 1.55 bits per heavy atom. The molecule has 1 N–H and O–H groups in total. The van der Waals surface area contributed by atoms with E-state index in [4.69, 9.17) is 9.57 Å². The van der Waals surface area contributed by atoms with E-state index in [-0.39, 0.29) is 18.0 Å². The fourth-order valence-electron chi connectivity index (χ4n) is 2.89. The molecule has 156 valence electrons. The summed E-state index contributed by atoms with van der Waals surface area (Å²) in [6.45, 7) is 6.42. The van der Waals surface area contributed by atoms with Crippen molar-refractivity contribution in [2.24, 2.45) is 0 Å². The number of esters is 1. The van der Waals surface area contributed by atoms with Gasteiger partial charge in [0, 0.05) is 20.0 Å². The summed E-state index contributed by atoms with van der Waals surface area (Å²) < 4.78 is 5.40. The number of hydroxylamine groups is 2. The second kappa shape index (κ2) is 12.0. The molecule has 2 rings (SSSR count). The van der Waals surface area contributed by atoms with Gasteiger partial charge in [-0.2, -0.15) is 0 Å². The van der Waals surface area contributed by atoms with E-state index in [0.29, 0.717) is 26.1 Å². The van der Waals surface area contributed by atoms with Crippen molar-refractivity contribution in [3.8, 4) is 0 Å². The van der Waals surface area contributed by atoms with Crippen LogP contribution in [0.1, 0.15) is 31.9 Å². The Hall–Kier alpha value is -2.70. The van der Waals surface area contributed by atoms with Crippen molar-refractivity contribution < 1.29 is 19.2 Å².